The first kappa shape index (κ1) is 18.8. The van der Waals surface area contributed by atoms with Crippen LogP contribution in [0.3, 0.4) is 0 Å². The van der Waals surface area contributed by atoms with Gasteiger partial charge in [-0.25, -0.2) is 0 Å². The van der Waals surface area contributed by atoms with Gasteiger partial charge in [-0.1, -0.05) is 50.3 Å². The summed E-state index contributed by atoms with van der Waals surface area (Å²) in [4.78, 5) is 17.2. The minimum atomic E-state index is 0.109. The van der Waals surface area contributed by atoms with Crippen molar-refractivity contribution in [1.82, 2.24) is 4.90 Å². The van der Waals surface area contributed by atoms with Crippen molar-refractivity contribution < 1.29 is 9.53 Å². The molecule has 0 bridgehead atoms. The summed E-state index contributed by atoms with van der Waals surface area (Å²) in [5.41, 5.74) is 4.28. The molecular formula is C24H28N2O2. The fourth-order valence-electron chi connectivity index (χ4n) is 4.00. The Morgan fingerprint density at radius 2 is 1.57 bits per heavy atom. The average molecular weight is 377 g/mol. The Morgan fingerprint density at radius 3 is 2.18 bits per heavy atom. The zero-order valence-electron chi connectivity index (χ0n) is 16.7. The van der Waals surface area contributed by atoms with Gasteiger partial charge in [0.05, 0.1) is 19.3 Å². The van der Waals surface area contributed by atoms with Crippen molar-refractivity contribution in [3.05, 3.63) is 66.2 Å². The predicted molar refractivity (Wildman–Crippen MR) is 114 cm³/mol. The first-order chi connectivity index (χ1) is 13.6. The monoisotopic (exact) mass is 376 g/mol. The molecular weight excluding hydrogens is 348 g/mol. The third-order valence-corrected chi connectivity index (χ3v) is 5.65. The van der Waals surface area contributed by atoms with E-state index in [1.807, 2.05) is 29.2 Å². The molecule has 0 radical (unpaired) electrons. The lowest BCUT2D eigenvalue weighted by Crippen LogP contribution is -2.38. The molecule has 4 rings (SSSR count). The van der Waals surface area contributed by atoms with Gasteiger partial charge in [-0.15, -0.1) is 0 Å². The van der Waals surface area contributed by atoms with Gasteiger partial charge in [0, 0.05) is 30.9 Å². The SMILES string of the molecule is CC(C)C1C=CCN1C(=O)c1ccc(-c2ccc(N3CCOCC3)cc2)cc1. The molecule has 0 spiro atoms. The molecule has 2 heterocycles. The number of hydrogen-bond acceptors (Lipinski definition) is 3. The lowest BCUT2D eigenvalue weighted by Gasteiger charge is -2.29. The molecule has 28 heavy (non-hydrogen) atoms. The molecule has 1 amide bonds. The van der Waals surface area contributed by atoms with Crippen molar-refractivity contribution in [3.8, 4) is 11.1 Å². The van der Waals surface area contributed by atoms with Crippen LogP contribution < -0.4 is 4.90 Å². The van der Waals surface area contributed by atoms with Crippen molar-refractivity contribution >= 4 is 11.6 Å². The summed E-state index contributed by atoms with van der Waals surface area (Å²) in [7, 11) is 0. The van der Waals surface area contributed by atoms with Gasteiger partial charge in [-0.2, -0.15) is 0 Å². The van der Waals surface area contributed by atoms with Crippen LogP contribution in [-0.4, -0.2) is 49.7 Å². The highest BCUT2D eigenvalue weighted by atomic mass is 16.5. The molecule has 0 aliphatic carbocycles. The first-order valence-corrected chi connectivity index (χ1v) is 10.1. The molecule has 1 atom stereocenters. The molecule has 2 aromatic carbocycles. The zero-order valence-corrected chi connectivity index (χ0v) is 16.7. The Bertz CT molecular complexity index is 834. The maximum atomic E-state index is 12.9. The van der Waals surface area contributed by atoms with Gasteiger partial charge >= 0.3 is 0 Å². The molecule has 0 aromatic heterocycles. The van der Waals surface area contributed by atoms with E-state index in [4.69, 9.17) is 4.74 Å². The van der Waals surface area contributed by atoms with Crippen LogP contribution in [0, 0.1) is 5.92 Å². The Hall–Kier alpha value is -2.59. The number of hydrogen-bond donors (Lipinski definition) is 0. The summed E-state index contributed by atoms with van der Waals surface area (Å²) in [6, 6.07) is 16.8. The second-order valence-electron chi connectivity index (χ2n) is 7.84. The second-order valence-corrected chi connectivity index (χ2v) is 7.84. The van der Waals surface area contributed by atoms with E-state index >= 15 is 0 Å². The van der Waals surface area contributed by atoms with Crippen molar-refractivity contribution in [2.45, 2.75) is 19.9 Å². The zero-order chi connectivity index (χ0) is 19.5. The fraction of sp³-hybridized carbons (Fsp3) is 0.375. The standard InChI is InChI=1S/C24H28N2O2/c1-18(2)23-4-3-13-26(23)24(27)21-7-5-19(6-8-21)20-9-11-22(12-10-20)25-14-16-28-17-15-25/h3-12,18,23H,13-17H2,1-2H3. The summed E-state index contributed by atoms with van der Waals surface area (Å²) < 4.78 is 5.42. The Balaban J connectivity index is 1.46. The van der Waals surface area contributed by atoms with E-state index in [-0.39, 0.29) is 11.9 Å². The van der Waals surface area contributed by atoms with Crippen molar-refractivity contribution in [1.29, 1.82) is 0 Å². The summed E-state index contributed by atoms with van der Waals surface area (Å²) in [5.74, 6) is 0.532. The number of nitrogens with zero attached hydrogens (tertiary/aromatic N) is 2. The number of anilines is 1. The van der Waals surface area contributed by atoms with Crippen LogP contribution in [0.4, 0.5) is 5.69 Å². The molecule has 0 saturated carbocycles. The van der Waals surface area contributed by atoms with Gasteiger partial charge in [0.15, 0.2) is 0 Å². The van der Waals surface area contributed by atoms with E-state index in [1.165, 1.54) is 11.3 Å². The number of carbonyl (C=O) groups is 1. The van der Waals surface area contributed by atoms with Crippen LogP contribution in [-0.2, 0) is 4.74 Å². The molecule has 0 N–H and O–H groups in total. The largest absolute Gasteiger partial charge is 0.378 e. The van der Waals surface area contributed by atoms with Crippen LogP contribution in [0.1, 0.15) is 24.2 Å². The molecule has 1 unspecified atom stereocenters. The molecule has 2 aliphatic rings. The number of carbonyl (C=O) groups excluding carboxylic acids is 1. The molecule has 1 fully saturated rings. The Morgan fingerprint density at radius 1 is 0.964 bits per heavy atom. The quantitative estimate of drug-likeness (QED) is 0.749. The van der Waals surface area contributed by atoms with E-state index in [0.717, 1.165) is 37.4 Å². The summed E-state index contributed by atoms with van der Waals surface area (Å²) in [5, 5.41) is 0. The number of benzene rings is 2. The molecule has 146 valence electrons. The van der Waals surface area contributed by atoms with Crippen LogP contribution in [0.25, 0.3) is 11.1 Å². The normalized spacial score (nSPS) is 19.5. The minimum Gasteiger partial charge on any atom is -0.378 e. The van der Waals surface area contributed by atoms with Crippen LogP contribution in [0.15, 0.2) is 60.7 Å². The van der Waals surface area contributed by atoms with Gasteiger partial charge < -0.3 is 14.5 Å². The van der Waals surface area contributed by atoms with Gasteiger partial charge in [0.1, 0.15) is 0 Å². The van der Waals surface area contributed by atoms with Gasteiger partial charge in [-0.05, 0) is 41.3 Å². The highest BCUT2D eigenvalue weighted by Crippen LogP contribution is 2.26. The maximum Gasteiger partial charge on any atom is 0.254 e. The van der Waals surface area contributed by atoms with E-state index < -0.39 is 0 Å². The van der Waals surface area contributed by atoms with E-state index in [9.17, 15) is 4.79 Å². The summed E-state index contributed by atoms with van der Waals surface area (Å²) in [6.07, 6.45) is 4.24. The van der Waals surface area contributed by atoms with E-state index in [0.29, 0.717) is 12.5 Å². The molecule has 1 saturated heterocycles. The molecule has 4 nitrogen and oxygen atoms in total. The number of amides is 1. The van der Waals surface area contributed by atoms with Crippen LogP contribution in [0.2, 0.25) is 0 Å². The highest BCUT2D eigenvalue weighted by molar-refractivity contribution is 5.95. The number of rotatable bonds is 4. The Labute approximate surface area is 167 Å². The van der Waals surface area contributed by atoms with Gasteiger partial charge in [0.25, 0.3) is 5.91 Å². The first-order valence-electron chi connectivity index (χ1n) is 10.1. The summed E-state index contributed by atoms with van der Waals surface area (Å²) in [6.45, 7) is 8.49. The minimum absolute atomic E-state index is 0.109. The fourth-order valence-corrected chi connectivity index (χ4v) is 4.00. The maximum absolute atomic E-state index is 12.9. The number of ether oxygens (including phenoxy) is 1. The topological polar surface area (TPSA) is 32.8 Å². The molecule has 2 aliphatic heterocycles. The van der Waals surface area contributed by atoms with E-state index in [1.54, 1.807) is 0 Å². The average Bonchev–Trinajstić information content (AvgIpc) is 3.24. The van der Waals surface area contributed by atoms with Crippen LogP contribution >= 0.6 is 0 Å². The lowest BCUT2D eigenvalue weighted by atomic mass is 10.0. The lowest BCUT2D eigenvalue weighted by molar-refractivity contribution is 0.0720. The van der Waals surface area contributed by atoms with Crippen molar-refractivity contribution in [3.63, 3.8) is 0 Å². The van der Waals surface area contributed by atoms with Crippen molar-refractivity contribution in [2.75, 3.05) is 37.7 Å². The molecule has 2 aromatic rings. The second kappa shape index (κ2) is 8.19. The molecule has 4 heteroatoms. The van der Waals surface area contributed by atoms with Crippen molar-refractivity contribution in [2.24, 2.45) is 5.92 Å². The summed E-state index contributed by atoms with van der Waals surface area (Å²) >= 11 is 0. The van der Waals surface area contributed by atoms with Gasteiger partial charge in [0.2, 0.25) is 0 Å². The predicted octanol–water partition coefficient (Wildman–Crippen LogP) is 4.23. The Kier molecular flexibility index (Phi) is 5.49. The number of morpholine rings is 1. The van der Waals surface area contributed by atoms with Gasteiger partial charge in [-0.3, -0.25) is 4.79 Å². The highest BCUT2D eigenvalue weighted by Gasteiger charge is 2.27. The van der Waals surface area contributed by atoms with E-state index in [2.05, 4.69) is 55.2 Å². The third-order valence-electron chi connectivity index (χ3n) is 5.65. The third kappa shape index (κ3) is 3.83. The smallest absolute Gasteiger partial charge is 0.254 e. The van der Waals surface area contributed by atoms with Crippen LogP contribution in [0.5, 0.6) is 0 Å².